The Labute approximate surface area is 222 Å². The maximum atomic E-state index is 12.6. The molecule has 0 saturated heterocycles. The predicted octanol–water partition coefficient (Wildman–Crippen LogP) is 5.42. The number of nitrogens with zero attached hydrogens (tertiary/aromatic N) is 3. The number of nitrogens with one attached hydrogen (secondary N) is 2. The van der Waals surface area contributed by atoms with E-state index in [1.54, 1.807) is 6.07 Å². The molecule has 0 fully saturated rings. The number of phenolic OH excluding ortho intramolecular Hbond substituents is 1. The number of hydrogen-bond donors (Lipinski definition) is 3. The number of aromatic hydroxyl groups is 1. The lowest BCUT2D eigenvalue weighted by Crippen LogP contribution is -2.34. The fourth-order valence-electron chi connectivity index (χ4n) is 3.88. The number of amides is 1. The number of aryl methyl sites for hydroxylation is 1. The molecule has 3 N–H and O–H groups in total. The first-order valence-electron chi connectivity index (χ1n) is 11.5. The van der Waals surface area contributed by atoms with Crippen LogP contribution in [0.2, 0.25) is 5.02 Å². The number of H-pyrrole nitrogens is 1. The summed E-state index contributed by atoms with van der Waals surface area (Å²) < 4.78 is 1.95. The van der Waals surface area contributed by atoms with E-state index in [0.717, 1.165) is 33.4 Å². The molecule has 184 valence electrons. The molecule has 0 spiro atoms. The Bertz CT molecular complexity index is 1600. The lowest BCUT2D eigenvalue weighted by atomic mass is 10.0. The van der Waals surface area contributed by atoms with Crippen molar-refractivity contribution in [2.24, 2.45) is 5.10 Å². The van der Waals surface area contributed by atoms with Gasteiger partial charge in [0.15, 0.2) is 0 Å². The summed E-state index contributed by atoms with van der Waals surface area (Å²) in [6, 6.07) is 26.7. The molecule has 0 saturated carbocycles. The molecule has 1 aromatic heterocycles. The van der Waals surface area contributed by atoms with Crippen molar-refractivity contribution in [2.75, 3.05) is 5.75 Å². The van der Waals surface area contributed by atoms with Crippen molar-refractivity contribution in [1.29, 1.82) is 0 Å². The molecule has 9 heteroatoms. The van der Waals surface area contributed by atoms with Gasteiger partial charge in [0, 0.05) is 10.6 Å². The number of thioether (sulfide) groups is 1. The van der Waals surface area contributed by atoms with Crippen LogP contribution in [-0.2, 0) is 4.79 Å². The summed E-state index contributed by atoms with van der Waals surface area (Å²) in [5.41, 5.74) is 6.06. The van der Waals surface area contributed by atoms with Crippen LogP contribution in [0.5, 0.6) is 5.75 Å². The Hall–Kier alpha value is -4.14. The number of phenols is 1. The third kappa shape index (κ3) is 5.50. The summed E-state index contributed by atoms with van der Waals surface area (Å²) in [6.07, 6.45) is 1.46. The monoisotopic (exact) mass is 528 g/mol. The van der Waals surface area contributed by atoms with E-state index in [0.29, 0.717) is 15.7 Å². The van der Waals surface area contributed by atoms with Gasteiger partial charge < -0.3 is 5.11 Å². The van der Waals surface area contributed by atoms with Crippen molar-refractivity contribution in [3.8, 4) is 22.8 Å². The predicted molar refractivity (Wildman–Crippen MR) is 147 cm³/mol. The van der Waals surface area contributed by atoms with Crippen LogP contribution in [0, 0.1) is 6.92 Å². The normalized spacial score (nSPS) is 11.3. The standard InChI is InChI=1S/C28H22ClN5O2S/c1-18-6-8-20(9-7-18)27-32-33-28(34(27)22-13-11-21(29)12-14-22)37-17-26(36)31-30-16-24-23-5-3-2-4-19(23)10-15-25(24)35/h2-16H,17H2,1H3,(H2,30,31,35,36)/p+1. The lowest BCUT2D eigenvalue weighted by molar-refractivity contribution is -0.625. The number of halogens is 1. The molecule has 5 rings (SSSR count). The largest absolute Gasteiger partial charge is 0.507 e. The van der Waals surface area contributed by atoms with E-state index in [-0.39, 0.29) is 17.4 Å². The van der Waals surface area contributed by atoms with Crippen molar-refractivity contribution >= 4 is 46.3 Å². The summed E-state index contributed by atoms with van der Waals surface area (Å²) in [4.78, 5) is 12.6. The number of hydrogen-bond acceptors (Lipinski definition) is 5. The number of aromatic amines is 1. The fraction of sp³-hybridized carbons (Fsp3) is 0.0714. The fourth-order valence-corrected chi connectivity index (χ4v) is 4.77. The van der Waals surface area contributed by atoms with Gasteiger partial charge in [0.05, 0.1) is 22.6 Å². The van der Waals surface area contributed by atoms with Gasteiger partial charge in [-0.25, -0.2) is 5.43 Å². The lowest BCUT2D eigenvalue weighted by Gasteiger charge is -2.05. The Kier molecular flexibility index (Phi) is 7.20. The molecule has 7 nitrogen and oxygen atoms in total. The Morgan fingerprint density at radius 1 is 1.08 bits per heavy atom. The molecular formula is C28H23ClN5O2S+. The maximum absolute atomic E-state index is 12.6. The van der Waals surface area contributed by atoms with Crippen LogP contribution in [-0.4, -0.2) is 33.2 Å². The molecule has 1 heterocycles. The van der Waals surface area contributed by atoms with Crippen molar-refractivity contribution in [3.63, 3.8) is 0 Å². The zero-order valence-electron chi connectivity index (χ0n) is 19.9. The molecule has 0 bridgehead atoms. The Balaban J connectivity index is 1.34. The average molecular weight is 529 g/mol. The van der Waals surface area contributed by atoms with E-state index in [2.05, 4.69) is 20.7 Å². The Morgan fingerprint density at radius 3 is 2.62 bits per heavy atom. The van der Waals surface area contributed by atoms with E-state index in [1.165, 1.54) is 18.0 Å². The minimum absolute atomic E-state index is 0.0879. The highest BCUT2D eigenvalue weighted by molar-refractivity contribution is 7.99. The van der Waals surface area contributed by atoms with Gasteiger partial charge in [-0.1, -0.05) is 59.6 Å². The quantitative estimate of drug-likeness (QED) is 0.114. The van der Waals surface area contributed by atoms with Crippen LogP contribution in [0.3, 0.4) is 0 Å². The van der Waals surface area contributed by atoms with Crippen LogP contribution in [0.25, 0.3) is 27.8 Å². The van der Waals surface area contributed by atoms with Crippen molar-refractivity contribution in [1.82, 2.24) is 15.6 Å². The zero-order chi connectivity index (χ0) is 25.8. The summed E-state index contributed by atoms with van der Waals surface area (Å²) in [6.45, 7) is 2.04. The van der Waals surface area contributed by atoms with Gasteiger partial charge in [0.1, 0.15) is 11.4 Å². The molecule has 5 aromatic rings. The molecule has 1 amide bonds. The van der Waals surface area contributed by atoms with Crippen LogP contribution >= 0.6 is 23.4 Å². The molecule has 37 heavy (non-hydrogen) atoms. The number of hydrazone groups is 1. The van der Waals surface area contributed by atoms with Crippen molar-refractivity contribution in [3.05, 3.63) is 101 Å². The number of carbonyl (C=O) groups is 1. The second kappa shape index (κ2) is 10.9. The highest BCUT2D eigenvalue weighted by Gasteiger charge is 2.24. The van der Waals surface area contributed by atoms with E-state index >= 15 is 0 Å². The van der Waals surface area contributed by atoms with Gasteiger partial charge in [0.2, 0.25) is 0 Å². The summed E-state index contributed by atoms with van der Waals surface area (Å²) in [5, 5.41) is 25.0. The molecule has 0 aliphatic rings. The van der Waals surface area contributed by atoms with Gasteiger partial charge in [-0.15, -0.1) is 5.10 Å². The van der Waals surface area contributed by atoms with Crippen molar-refractivity contribution in [2.45, 2.75) is 12.1 Å². The highest BCUT2D eigenvalue weighted by Crippen LogP contribution is 2.25. The van der Waals surface area contributed by atoms with Crippen LogP contribution in [0.1, 0.15) is 11.1 Å². The van der Waals surface area contributed by atoms with Crippen LogP contribution < -0.4 is 9.99 Å². The minimum atomic E-state index is -0.302. The van der Waals surface area contributed by atoms with E-state index < -0.39 is 0 Å². The molecule has 0 radical (unpaired) electrons. The Morgan fingerprint density at radius 2 is 1.84 bits per heavy atom. The summed E-state index contributed by atoms with van der Waals surface area (Å²) >= 11 is 7.38. The third-order valence-corrected chi connectivity index (χ3v) is 6.94. The number of rotatable bonds is 7. The van der Waals surface area contributed by atoms with Gasteiger partial charge in [-0.2, -0.15) is 9.67 Å². The highest BCUT2D eigenvalue weighted by atomic mass is 35.5. The maximum Gasteiger partial charge on any atom is 0.342 e. The molecule has 0 atom stereocenters. The first-order chi connectivity index (χ1) is 18.0. The number of carbonyl (C=O) groups excluding carboxylic acids is 1. The number of aromatic nitrogens is 3. The smallest absolute Gasteiger partial charge is 0.342 e. The first-order valence-corrected chi connectivity index (χ1v) is 12.8. The summed E-state index contributed by atoms with van der Waals surface area (Å²) in [5.74, 6) is 0.665. The van der Waals surface area contributed by atoms with Crippen LogP contribution in [0.4, 0.5) is 0 Å². The number of fused-ring (bicyclic) bond motifs is 1. The van der Waals surface area contributed by atoms with E-state index in [1.807, 2.05) is 90.4 Å². The average Bonchev–Trinajstić information content (AvgIpc) is 3.33. The van der Waals surface area contributed by atoms with Crippen molar-refractivity contribution < 1.29 is 14.5 Å². The van der Waals surface area contributed by atoms with Gasteiger partial charge >= 0.3 is 5.16 Å². The van der Waals surface area contributed by atoms with Gasteiger partial charge in [-0.3, -0.25) is 4.79 Å². The van der Waals surface area contributed by atoms with E-state index in [4.69, 9.17) is 11.6 Å². The second-order valence-electron chi connectivity index (χ2n) is 8.33. The molecule has 4 aromatic carbocycles. The number of benzene rings is 4. The molecule has 0 aliphatic heterocycles. The third-order valence-electron chi connectivity index (χ3n) is 5.75. The molecule has 0 unspecified atom stereocenters. The van der Waals surface area contributed by atoms with Gasteiger partial charge in [-0.05, 0) is 71.9 Å². The SMILES string of the molecule is Cc1ccc(-c2[nH]nc(SCC(=O)NN=Cc3c(O)ccc4ccccc34)[n+]2-c2ccc(Cl)cc2)cc1. The second-order valence-corrected chi connectivity index (χ2v) is 9.71. The molecule has 0 aliphatic carbocycles. The topological polar surface area (TPSA) is 94.2 Å². The summed E-state index contributed by atoms with van der Waals surface area (Å²) in [7, 11) is 0. The first kappa shape index (κ1) is 24.5. The van der Waals surface area contributed by atoms with E-state index in [9.17, 15) is 9.90 Å². The molecular weight excluding hydrogens is 506 g/mol. The minimum Gasteiger partial charge on any atom is -0.507 e. The van der Waals surface area contributed by atoms with Gasteiger partial charge in [0.25, 0.3) is 11.7 Å². The zero-order valence-corrected chi connectivity index (χ0v) is 21.4. The van der Waals surface area contributed by atoms with Crippen LogP contribution in [0.15, 0.2) is 95.2 Å².